The molecule has 0 fully saturated rings. The zero-order valence-corrected chi connectivity index (χ0v) is 23.1. The summed E-state index contributed by atoms with van der Waals surface area (Å²) in [6.45, 7) is 1.55. The molecule has 7 nitrogen and oxygen atoms in total. The lowest BCUT2D eigenvalue weighted by Gasteiger charge is -2.33. The Bertz CT molecular complexity index is 1350. The van der Waals surface area contributed by atoms with Crippen molar-refractivity contribution in [2.45, 2.75) is 25.9 Å². The van der Waals surface area contributed by atoms with Crippen molar-refractivity contribution in [3.8, 4) is 0 Å². The molecule has 0 aliphatic heterocycles. The van der Waals surface area contributed by atoms with Gasteiger partial charge in [0.05, 0.1) is 22.0 Å². The lowest BCUT2D eigenvalue weighted by molar-refractivity contribution is -0.139. The van der Waals surface area contributed by atoms with Gasteiger partial charge in [-0.3, -0.25) is 13.9 Å². The molecule has 0 aliphatic carbocycles. The molecular weight excluding hydrogens is 533 g/mol. The third kappa shape index (κ3) is 7.71. The summed E-state index contributed by atoms with van der Waals surface area (Å²) in [5, 5.41) is 3.06. The number of halogens is 2. The first-order chi connectivity index (χ1) is 17.5. The fourth-order valence-electron chi connectivity index (χ4n) is 3.86. The molecule has 0 radical (unpaired) electrons. The Morgan fingerprint density at radius 1 is 0.919 bits per heavy atom. The van der Waals surface area contributed by atoms with Gasteiger partial charge in [0, 0.05) is 20.0 Å². The van der Waals surface area contributed by atoms with Crippen LogP contribution in [0.1, 0.15) is 16.7 Å². The molecule has 0 saturated carbocycles. The topological polar surface area (TPSA) is 86.8 Å². The number of sulfonamides is 1. The van der Waals surface area contributed by atoms with Gasteiger partial charge in [0.15, 0.2) is 0 Å². The third-order valence-corrected chi connectivity index (χ3v) is 7.74. The average molecular weight is 563 g/mol. The minimum Gasteiger partial charge on any atom is -0.357 e. The Hall–Kier alpha value is -3.07. The molecule has 0 heterocycles. The number of carbonyl (C=O) groups is 2. The quantitative estimate of drug-likeness (QED) is 0.396. The number of anilines is 1. The summed E-state index contributed by atoms with van der Waals surface area (Å²) >= 11 is 12.1. The van der Waals surface area contributed by atoms with Gasteiger partial charge in [0.2, 0.25) is 21.8 Å². The highest BCUT2D eigenvalue weighted by Gasteiger charge is 2.32. The van der Waals surface area contributed by atoms with E-state index in [9.17, 15) is 18.0 Å². The number of nitrogens with one attached hydrogen (secondary N) is 1. The Morgan fingerprint density at radius 2 is 1.57 bits per heavy atom. The van der Waals surface area contributed by atoms with Crippen molar-refractivity contribution in [3.63, 3.8) is 0 Å². The van der Waals surface area contributed by atoms with Gasteiger partial charge in [-0.1, -0.05) is 83.4 Å². The lowest BCUT2D eigenvalue weighted by Crippen LogP contribution is -2.52. The van der Waals surface area contributed by atoms with Crippen LogP contribution in [0.25, 0.3) is 0 Å². The summed E-state index contributed by atoms with van der Waals surface area (Å²) in [4.78, 5) is 28.3. The normalized spacial score (nSPS) is 12.0. The number of nitrogens with zero attached hydrogens (tertiary/aromatic N) is 2. The number of rotatable bonds is 10. The van der Waals surface area contributed by atoms with E-state index in [4.69, 9.17) is 23.2 Å². The summed E-state index contributed by atoms with van der Waals surface area (Å²) in [7, 11) is -2.37. The molecule has 196 valence electrons. The summed E-state index contributed by atoms with van der Waals surface area (Å²) in [6.07, 6.45) is 1.26. The molecular formula is C27H29Cl2N3O4S. The first kappa shape index (κ1) is 28.5. The maximum Gasteiger partial charge on any atom is 0.244 e. The number of benzene rings is 3. The molecule has 0 unspecified atom stereocenters. The van der Waals surface area contributed by atoms with E-state index in [0.29, 0.717) is 0 Å². The number of amides is 2. The fourth-order valence-corrected chi connectivity index (χ4v) is 5.00. The van der Waals surface area contributed by atoms with E-state index in [1.54, 1.807) is 0 Å². The monoisotopic (exact) mass is 561 g/mol. The van der Waals surface area contributed by atoms with E-state index >= 15 is 0 Å². The van der Waals surface area contributed by atoms with Crippen LogP contribution >= 0.6 is 23.2 Å². The van der Waals surface area contributed by atoms with E-state index in [0.717, 1.165) is 27.3 Å². The lowest BCUT2D eigenvalue weighted by atomic mass is 10.0. The number of hydrogen-bond acceptors (Lipinski definition) is 4. The summed E-state index contributed by atoms with van der Waals surface area (Å²) in [6, 6.07) is 20.4. The van der Waals surface area contributed by atoms with Crippen molar-refractivity contribution in [1.29, 1.82) is 0 Å². The zero-order chi connectivity index (χ0) is 27.2. The number of hydrogen-bond donors (Lipinski definition) is 1. The van der Waals surface area contributed by atoms with Gasteiger partial charge in [0.1, 0.15) is 12.6 Å². The zero-order valence-electron chi connectivity index (χ0n) is 20.8. The van der Waals surface area contributed by atoms with Gasteiger partial charge in [-0.25, -0.2) is 8.42 Å². The minimum absolute atomic E-state index is 0.114. The summed E-state index contributed by atoms with van der Waals surface area (Å²) in [5.41, 5.74) is 2.92. The van der Waals surface area contributed by atoms with Gasteiger partial charge in [-0.2, -0.15) is 0 Å². The number of likely N-dealkylation sites (N-methyl/N-ethyl adjacent to an activating group) is 1. The molecule has 0 bridgehead atoms. The standard InChI is InChI=1S/C27H29Cl2N3O4S/c1-19-9-11-21(12-10-19)17-31(25(27(34)30-2)15-20-7-5-4-6-8-20)26(33)18-32(37(3,35)36)22-13-14-23(28)24(29)16-22/h4-14,16,25H,15,17-18H2,1-3H3,(H,30,34)/t25-/m0/s1. The predicted molar refractivity (Wildman–Crippen MR) is 148 cm³/mol. The number of carbonyl (C=O) groups excluding carboxylic acids is 2. The molecule has 0 aliphatic rings. The second kappa shape index (κ2) is 12.4. The van der Waals surface area contributed by atoms with Gasteiger partial charge in [0.25, 0.3) is 0 Å². The second-order valence-electron chi connectivity index (χ2n) is 8.70. The van der Waals surface area contributed by atoms with Crippen molar-refractivity contribution in [2.75, 3.05) is 24.2 Å². The van der Waals surface area contributed by atoms with Gasteiger partial charge >= 0.3 is 0 Å². The first-order valence-corrected chi connectivity index (χ1v) is 14.1. The summed E-state index contributed by atoms with van der Waals surface area (Å²) < 4.78 is 26.4. The average Bonchev–Trinajstić information content (AvgIpc) is 2.87. The van der Waals surface area contributed by atoms with Crippen LogP contribution in [0.5, 0.6) is 0 Å². The Labute approximate surface area is 228 Å². The van der Waals surface area contributed by atoms with Crippen molar-refractivity contribution in [2.24, 2.45) is 0 Å². The van der Waals surface area contributed by atoms with Crippen LogP contribution in [-0.2, 0) is 32.6 Å². The number of aryl methyl sites for hydroxylation is 1. The Morgan fingerprint density at radius 3 is 2.14 bits per heavy atom. The van der Waals surface area contributed by atoms with E-state index < -0.39 is 28.5 Å². The van der Waals surface area contributed by atoms with Crippen LogP contribution < -0.4 is 9.62 Å². The van der Waals surface area contributed by atoms with Crippen LogP contribution in [-0.4, -0.2) is 51.0 Å². The van der Waals surface area contributed by atoms with Gasteiger partial charge < -0.3 is 10.2 Å². The van der Waals surface area contributed by atoms with Gasteiger partial charge in [-0.05, 0) is 36.2 Å². The van der Waals surface area contributed by atoms with E-state index in [1.807, 2.05) is 61.5 Å². The van der Waals surface area contributed by atoms with Crippen molar-refractivity contribution < 1.29 is 18.0 Å². The molecule has 0 saturated heterocycles. The van der Waals surface area contributed by atoms with Crippen molar-refractivity contribution in [3.05, 3.63) is 99.5 Å². The molecule has 1 atom stereocenters. The van der Waals surface area contributed by atoms with Crippen LogP contribution in [0.15, 0.2) is 72.8 Å². The van der Waals surface area contributed by atoms with Crippen LogP contribution in [0.2, 0.25) is 10.0 Å². The highest BCUT2D eigenvalue weighted by molar-refractivity contribution is 7.92. The highest BCUT2D eigenvalue weighted by atomic mass is 35.5. The SMILES string of the molecule is CNC(=O)[C@H](Cc1ccccc1)N(Cc1ccc(C)cc1)C(=O)CN(c1ccc(Cl)c(Cl)c1)S(C)(=O)=O. The van der Waals surface area contributed by atoms with E-state index in [-0.39, 0.29) is 34.6 Å². The minimum atomic E-state index is -3.88. The van der Waals surface area contributed by atoms with Gasteiger partial charge in [-0.15, -0.1) is 0 Å². The van der Waals surface area contributed by atoms with Crippen LogP contribution in [0.3, 0.4) is 0 Å². The smallest absolute Gasteiger partial charge is 0.244 e. The predicted octanol–water partition coefficient (Wildman–Crippen LogP) is 4.45. The van der Waals surface area contributed by atoms with E-state index in [2.05, 4.69) is 5.32 Å². The molecule has 37 heavy (non-hydrogen) atoms. The maximum atomic E-state index is 13.8. The maximum absolute atomic E-state index is 13.8. The molecule has 0 spiro atoms. The Balaban J connectivity index is 2.03. The first-order valence-electron chi connectivity index (χ1n) is 11.5. The molecule has 3 rings (SSSR count). The molecule has 1 N–H and O–H groups in total. The van der Waals surface area contributed by atoms with Crippen molar-refractivity contribution in [1.82, 2.24) is 10.2 Å². The molecule has 10 heteroatoms. The third-order valence-electron chi connectivity index (χ3n) is 5.86. The largest absolute Gasteiger partial charge is 0.357 e. The van der Waals surface area contributed by atoms with Crippen LogP contribution in [0.4, 0.5) is 5.69 Å². The van der Waals surface area contributed by atoms with Crippen LogP contribution in [0, 0.1) is 6.92 Å². The van der Waals surface area contributed by atoms with E-state index in [1.165, 1.54) is 30.1 Å². The molecule has 3 aromatic rings. The highest BCUT2D eigenvalue weighted by Crippen LogP contribution is 2.28. The fraction of sp³-hybridized carbons (Fsp3) is 0.259. The molecule has 2 amide bonds. The molecule has 3 aromatic carbocycles. The summed E-state index contributed by atoms with van der Waals surface area (Å²) in [5.74, 6) is -0.897. The Kier molecular flexibility index (Phi) is 9.59. The molecule has 0 aromatic heterocycles. The van der Waals surface area contributed by atoms with Crippen molar-refractivity contribution >= 4 is 50.7 Å². The second-order valence-corrected chi connectivity index (χ2v) is 11.4.